The second kappa shape index (κ2) is 8.18. The van der Waals surface area contributed by atoms with Crippen molar-refractivity contribution in [2.24, 2.45) is 23.7 Å². The van der Waals surface area contributed by atoms with Crippen LogP contribution < -0.4 is 0 Å². The second-order valence-corrected chi connectivity index (χ2v) is 9.02. The van der Waals surface area contributed by atoms with E-state index in [1.807, 2.05) is 12.2 Å². The van der Waals surface area contributed by atoms with Crippen LogP contribution in [0.25, 0.3) is 0 Å². The number of halogens is 1. The molecule has 3 aliphatic rings. The van der Waals surface area contributed by atoms with Crippen LogP contribution in [0.1, 0.15) is 27.1 Å². The number of hydrogen-bond acceptors (Lipinski definition) is 6. The first-order chi connectivity index (χ1) is 16.3. The highest BCUT2D eigenvalue weighted by Gasteiger charge is 2.61. The Kier molecular flexibility index (Phi) is 5.28. The van der Waals surface area contributed by atoms with Crippen molar-refractivity contribution >= 4 is 40.8 Å². The van der Waals surface area contributed by atoms with Crippen molar-refractivity contribution in [1.82, 2.24) is 10.0 Å². The topological polar surface area (TPSA) is 118 Å². The van der Waals surface area contributed by atoms with Crippen molar-refractivity contribution in [2.75, 3.05) is 6.54 Å². The number of hydrazine groups is 1. The summed E-state index contributed by atoms with van der Waals surface area (Å²) in [5.41, 5.74) is 0.0473. The number of ketones is 1. The molecule has 2 bridgehead atoms. The maximum atomic E-state index is 13.4. The summed E-state index contributed by atoms with van der Waals surface area (Å²) in [6.45, 7) is -0.558. The molecular weight excluding hydrogens is 462 g/mol. The van der Waals surface area contributed by atoms with Crippen LogP contribution in [0.4, 0.5) is 5.69 Å². The van der Waals surface area contributed by atoms with E-state index in [0.717, 1.165) is 28.6 Å². The summed E-state index contributed by atoms with van der Waals surface area (Å²) < 4.78 is 0. The van der Waals surface area contributed by atoms with Gasteiger partial charge >= 0.3 is 0 Å². The fourth-order valence-corrected chi connectivity index (χ4v) is 5.22. The SMILES string of the molecule is O=C(CN(C(=O)c1ccc([N+](=O)[O-])cc1)N1C(=O)[C@@H]2[C@@H](C1=O)[C@H]1C=C[C@H]2C1)c1ccc(Cl)cc1. The predicted molar refractivity (Wildman–Crippen MR) is 119 cm³/mol. The molecule has 172 valence electrons. The minimum absolute atomic E-state index is 0.00765. The quantitative estimate of drug-likeness (QED) is 0.206. The van der Waals surface area contributed by atoms with Gasteiger partial charge in [0.25, 0.3) is 23.4 Å². The molecule has 1 saturated carbocycles. The summed E-state index contributed by atoms with van der Waals surface area (Å²) in [6, 6.07) is 10.8. The molecule has 10 heteroatoms. The molecule has 0 N–H and O–H groups in total. The van der Waals surface area contributed by atoms with Gasteiger partial charge in [-0.2, -0.15) is 5.01 Å². The summed E-state index contributed by atoms with van der Waals surface area (Å²) in [5.74, 6) is -3.54. The lowest BCUT2D eigenvalue weighted by Gasteiger charge is -2.30. The Morgan fingerprint density at radius 3 is 2.00 bits per heavy atom. The zero-order valence-electron chi connectivity index (χ0n) is 17.7. The number of allylic oxidation sites excluding steroid dienone is 2. The van der Waals surface area contributed by atoms with Crippen LogP contribution in [0, 0.1) is 33.8 Å². The number of amides is 3. The number of carbonyl (C=O) groups is 4. The first-order valence-corrected chi connectivity index (χ1v) is 11.0. The maximum Gasteiger partial charge on any atom is 0.273 e. The summed E-state index contributed by atoms with van der Waals surface area (Å²) >= 11 is 5.89. The molecule has 9 nitrogen and oxygen atoms in total. The van der Waals surface area contributed by atoms with E-state index in [-0.39, 0.29) is 28.7 Å². The van der Waals surface area contributed by atoms with Crippen molar-refractivity contribution in [3.8, 4) is 0 Å². The fraction of sp³-hybridized carbons (Fsp3) is 0.250. The van der Waals surface area contributed by atoms with Crippen LogP contribution >= 0.6 is 11.6 Å². The van der Waals surface area contributed by atoms with Gasteiger partial charge in [0, 0.05) is 28.3 Å². The highest BCUT2D eigenvalue weighted by molar-refractivity contribution is 6.30. The van der Waals surface area contributed by atoms with E-state index in [0.29, 0.717) is 5.02 Å². The van der Waals surface area contributed by atoms with Gasteiger partial charge in [0.15, 0.2) is 5.78 Å². The fourth-order valence-electron chi connectivity index (χ4n) is 5.10. The third kappa shape index (κ3) is 3.49. The molecule has 0 radical (unpaired) electrons. The highest BCUT2D eigenvalue weighted by Crippen LogP contribution is 2.52. The maximum absolute atomic E-state index is 13.4. The molecule has 1 heterocycles. The lowest BCUT2D eigenvalue weighted by Crippen LogP contribution is -2.52. The van der Waals surface area contributed by atoms with Crippen LogP contribution in [0.15, 0.2) is 60.7 Å². The Hall–Kier alpha value is -3.85. The van der Waals surface area contributed by atoms with Gasteiger partial charge in [-0.05, 0) is 54.7 Å². The lowest BCUT2D eigenvalue weighted by atomic mass is 9.85. The molecule has 3 amide bonds. The Morgan fingerprint density at radius 1 is 0.941 bits per heavy atom. The lowest BCUT2D eigenvalue weighted by molar-refractivity contribution is -0.384. The van der Waals surface area contributed by atoms with Gasteiger partial charge in [0.1, 0.15) is 6.54 Å². The molecule has 2 aromatic rings. The van der Waals surface area contributed by atoms with E-state index < -0.39 is 46.8 Å². The number of carbonyl (C=O) groups excluding carboxylic acids is 4. The Balaban J connectivity index is 1.49. The summed E-state index contributed by atoms with van der Waals surface area (Å²) in [7, 11) is 0. The number of nitro benzene ring substituents is 1. The summed E-state index contributed by atoms with van der Waals surface area (Å²) in [5, 5.41) is 13.1. The Morgan fingerprint density at radius 2 is 1.47 bits per heavy atom. The number of rotatable bonds is 6. The van der Waals surface area contributed by atoms with Crippen molar-refractivity contribution in [3.63, 3.8) is 0 Å². The van der Waals surface area contributed by atoms with Crippen LogP contribution in [0.5, 0.6) is 0 Å². The monoisotopic (exact) mass is 479 g/mol. The first kappa shape index (κ1) is 22.0. The van der Waals surface area contributed by atoms with Crippen molar-refractivity contribution in [1.29, 1.82) is 0 Å². The van der Waals surface area contributed by atoms with E-state index in [9.17, 15) is 29.3 Å². The number of hydrogen-bond donors (Lipinski definition) is 0. The van der Waals surface area contributed by atoms with Gasteiger partial charge in [-0.25, -0.2) is 5.01 Å². The van der Waals surface area contributed by atoms with Crippen molar-refractivity contribution < 1.29 is 24.1 Å². The number of nitro groups is 1. The third-order valence-electron chi connectivity index (χ3n) is 6.71. The molecule has 0 unspecified atom stereocenters. The third-order valence-corrected chi connectivity index (χ3v) is 6.96. The molecule has 2 aliphatic carbocycles. The number of fused-ring (bicyclic) bond motifs is 5. The number of Topliss-reactive ketones (excluding diaryl/α,β-unsaturated/α-hetero) is 1. The zero-order valence-corrected chi connectivity index (χ0v) is 18.4. The standard InChI is InChI=1S/C24H18ClN3O6/c25-17-7-3-13(4-8-17)19(29)12-26(22(30)14-5-9-18(10-6-14)28(33)34)27-23(31)20-15-1-2-16(11-15)21(20)24(27)32/h1-10,15-16,20-21H,11-12H2/t15-,16-,20-,21-/m0/s1. The average molecular weight is 480 g/mol. The zero-order chi connectivity index (χ0) is 24.1. The molecule has 5 rings (SSSR count). The second-order valence-electron chi connectivity index (χ2n) is 8.59. The molecule has 1 aliphatic heterocycles. The molecule has 0 aromatic heterocycles. The van der Waals surface area contributed by atoms with E-state index in [1.54, 1.807) is 0 Å². The predicted octanol–water partition coefficient (Wildman–Crippen LogP) is 3.30. The van der Waals surface area contributed by atoms with Crippen molar-refractivity contribution in [3.05, 3.63) is 86.9 Å². The van der Waals surface area contributed by atoms with Gasteiger partial charge in [-0.1, -0.05) is 23.8 Å². The largest absolute Gasteiger partial charge is 0.292 e. The Bertz CT molecular complexity index is 1230. The molecular formula is C24H18ClN3O6. The molecule has 2 fully saturated rings. The summed E-state index contributed by atoms with van der Waals surface area (Å²) in [6.07, 6.45) is 4.59. The highest BCUT2D eigenvalue weighted by atomic mass is 35.5. The van der Waals surface area contributed by atoms with Crippen LogP contribution in [-0.4, -0.2) is 45.0 Å². The molecule has 0 spiro atoms. The number of benzene rings is 2. The van der Waals surface area contributed by atoms with Crippen molar-refractivity contribution in [2.45, 2.75) is 6.42 Å². The van der Waals surface area contributed by atoms with Gasteiger partial charge in [0.05, 0.1) is 16.8 Å². The van der Waals surface area contributed by atoms with Gasteiger partial charge in [-0.15, -0.1) is 0 Å². The Labute approximate surface area is 198 Å². The number of nitrogens with zero attached hydrogens (tertiary/aromatic N) is 3. The van der Waals surface area contributed by atoms with Gasteiger partial charge in [0.2, 0.25) is 0 Å². The summed E-state index contributed by atoms with van der Waals surface area (Å²) in [4.78, 5) is 63.5. The van der Waals surface area contributed by atoms with E-state index >= 15 is 0 Å². The normalized spacial score (nSPS) is 24.4. The number of non-ortho nitro benzene ring substituents is 1. The van der Waals surface area contributed by atoms with Crippen LogP contribution in [0.2, 0.25) is 5.02 Å². The van der Waals surface area contributed by atoms with Crippen LogP contribution in [0.3, 0.4) is 0 Å². The minimum atomic E-state index is -0.779. The molecule has 34 heavy (non-hydrogen) atoms. The number of imide groups is 1. The smallest absolute Gasteiger partial charge is 0.273 e. The van der Waals surface area contributed by atoms with E-state index in [1.165, 1.54) is 36.4 Å². The molecule has 2 aromatic carbocycles. The van der Waals surface area contributed by atoms with Gasteiger partial charge < -0.3 is 0 Å². The minimum Gasteiger partial charge on any atom is -0.292 e. The van der Waals surface area contributed by atoms with E-state index in [2.05, 4.69) is 0 Å². The first-order valence-electron chi connectivity index (χ1n) is 10.7. The van der Waals surface area contributed by atoms with Gasteiger partial charge in [-0.3, -0.25) is 29.3 Å². The molecule has 4 atom stereocenters. The van der Waals surface area contributed by atoms with Crippen LogP contribution in [-0.2, 0) is 9.59 Å². The molecule has 1 saturated heterocycles. The average Bonchev–Trinajstić information content (AvgIpc) is 3.51. The van der Waals surface area contributed by atoms with E-state index in [4.69, 9.17) is 11.6 Å².